The van der Waals surface area contributed by atoms with Crippen molar-refractivity contribution < 1.29 is 18.3 Å². The van der Waals surface area contributed by atoms with Gasteiger partial charge in [0.05, 0.1) is 23.8 Å². The van der Waals surface area contributed by atoms with E-state index in [9.17, 15) is 13.2 Å². The quantitative estimate of drug-likeness (QED) is 0.845. The molecule has 16 heavy (non-hydrogen) atoms. The van der Waals surface area contributed by atoms with E-state index in [0.717, 1.165) is 12.1 Å². The highest BCUT2D eigenvalue weighted by molar-refractivity contribution is 5.45. The fourth-order valence-electron chi connectivity index (χ4n) is 1.23. The van der Waals surface area contributed by atoms with Crippen molar-refractivity contribution in [3.05, 3.63) is 40.8 Å². The Labute approximate surface area is 90.9 Å². The molecule has 0 saturated heterocycles. The zero-order valence-electron chi connectivity index (χ0n) is 8.47. The molecule has 85 valence electrons. The summed E-state index contributed by atoms with van der Waals surface area (Å²) in [4.78, 5) is 0. The second-order valence-electron chi connectivity index (χ2n) is 3.31. The number of hydrogen-bond acceptors (Lipinski definition) is 2. The largest absolute Gasteiger partial charge is 0.417 e. The number of halogens is 3. The van der Waals surface area contributed by atoms with Crippen molar-refractivity contribution in [2.24, 2.45) is 0 Å². The summed E-state index contributed by atoms with van der Waals surface area (Å²) in [6, 6.07) is 4.87. The number of alkyl halides is 3. The summed E-state index contributed by atoms with van der Waals surface area (Å²) in [6.07, 6.45) is -4.56. The van der Waals surface area contributed by atoms with Crippen molar-refractivity contribution in [1.29, 1.82) is 5.26 Å². The average molecular weight is 228 g/mol. The van der Waals surface area contributed by atoms with Crippen molar-refractivity contribution in [2.75, 3.05) is 6.61 Å². The Morgan fingerprint density at radius 1 is 1.44 bits per heavy atom. The molecule has 0 heterocycles. The maximum atomic E-state index is 12.6. The van der Waals surface area contributed by atoms with E-state index in [1.165, 1.54) is 19.1 Å². The number of nitriles is 1. The molecule has 0 aliphatic carbocycles. The fourth-order valence-corrected chi connectivity index (χ4v) is 1.23. The van der Waals surface area contributed by atoms with Gasteiger partial charge < -0.3 is 5.11 Å². The van der Waals surface area contributed by atoms with Crippen molar-refractivity contribution in [2.45, 2.75) is 13.1 Å². The average Bonchev–Trinajstić information content (AvgIpc) is 2.26. The van der Waals surface area contributed by atoms with Crippen molar-refractivity contribution in [3.8, 4) is 6.07 Å². The van der Waals surface area contributed by atoms with E-state index in [4.69, 9.17) is 10.4 Å². The molecule has 0 bridgehead atoms. The van der Waals surface area contributed by atoms with E-state index >= 15 is 0 Å². The number of aliphatic hydroxyl groups excluding tert-OH is 1. The van der Waals surface area contributed by atoms with Gasteiger partial charge >= 0.3 is 6.18 Å². The van der Waals surface area contributed by atoms with Crippen LogP contribution in [0.4, 0.5) is 13.2 Å². The van der Waals surface area contributed by atoms with E-state index in [0.29, 0.717) is 5.92 Å². The number of aliphatic hydroxyl groups is 1. The van der Waals surface area contributed by atoms with Crippen LogP contribution in [0.2, 0.25) is 0 Å². The highest BCUT2D eigenvalue weighted by Gasteiger charge is 2.34. The second-order valence-corrected chi connectivity index (χ2v) is 3.31. The Kier molecular flexibility index (Phi) is 3.55. The maximum absolute atomic E-state index is 12.6. The highest BCUT2D eigenvalue weighted by atomic mass is 19.4. The Bertz CT molecular complexity index is 420. The smallest absolute Gasteiger partial charge is 0.395 e. The van der Waals surface area contributed by atoms with Crippen LogP contribution in [-0.4, -0.2) is 11.7 Å². The first-order chi connectivity index (χ1) is 7.40. The molecule has 0 unspecified atom stereocenters. The summed E-state index contributed by atoms with van der Waals surface area (Å²) in [5.74, 6) is 0.426. The predicted octanol–water partition coefficient (Wildman–Crippen LogP) is 2.51. The molecule has 0 spiro atoms. The van der Waals surface area contributed by atoms with Crippen LogP contribution in [0.3, 0.4) is 0 Å². The first-order valence-corrected chi connectivity index (χ1v) is 4.45. The van der Waals surface area contributed by atoms with Gasteiger partial charge in [0.1, 0.15) is 0 Å². The standard InChI is InChI=1S/C11H9F3NO/c1-7(6-16)8-2-3-9(5-15)10(4-8)11(12,13)14/h2-4,16H,6H2,1H3. The Morgan fingerprint density at radius 2 is 2.06 bits per heavy atom. The van der Waals surface area contributed by atoms with Gasteiger partial charge in [0.15, 0.2) is 0 Å². The number of rotatable bonds is 2. The van der Waals surface area contributed by atoms with Gasteiger partial charge in [-0.05, 0) is 17.7 Å². The minimum atomic E-state index is -4.56. The molecule has 0 aliphatic rings. The lowest BCUT2D eigenvalue weighted by Gasteiger charge is -2.13. The molecular weight excluding hydrogens is 219 g/mol. The van der Waals surface area contributed by atoms with Gasteiger partial charge in [0.25, 0.3) is 0 Å². The van der Waals surface area contributed by atoms with Crippen LogP contribution in [0, 0.1) is 17.2 Å². The molecule has 0 atom stereocenters. The van der Waals surface area contributed by atoms with Crippen LogP contribution in [-0.2, 0) is 6.18 Å². The summed E-state index contributed by atoms with van der Waals surface area (Å²) in [5, 5.41) is 17.4. The molecule has 0 aromatic heterocycles. The molecule has 1 rings (SSSR count). The van der Waals surface area contributed by atoms with Crippen molar-refractivity contribution in [1.82, 2.24) is 0 Å². The van der Waals surface area contributed by atoms with Crippen LogP contribution in [0.15, 0.2) is 18.2 Å². The molecule has 2 nitrogen and oxygen atoms in total. The van der Waals surface area contributed by atoms with Gasteiger partial charge in [-0.15, -0.1) is 0 Å². The van der Waals surface area contributed by atoms with Gasteiger partial charge in [-0.3, -0.25) is 0 Å². The molecule has 1 N–H and O–H groups in total. The number of hydrogen-bond donors (Lipinski definition) is 1. The fraction of sp³-hybridized carbons (Fsp3) is 0.273. The predicted molar refractivity (Wildman–Crippen MR) is 51.3 cm³/mol. The normalized spacial score (nSPS) is 11.6. The first kappa shape index (κ1) is 12.5. The van der Waals surface area contributed by atoms with E-state index in [1.807, 2.05) is 0 Å². The Balaban J connectivity index is 3.29. The Morgan fingerprint density at radius 3 is 2.50 bits per heavy atom. The van der Waals surface area contributed by atoms with Crippen molar-refractivity contribution in [3.63, 3.8) is 0 Å². The summed E-state index contributed by atoms with van der Waals surface area (Å²) < 4.78 is 37.7. The zero-order valence-corrected chi connectivity index (χ0v) is 8.47. The number of nitrogens with zero attached hydrogens (tertiary/aromatic N) is 1. The topological polar surface area (TPSA) is 44.0 Å². The van der Waals surface area contributed by atoms with Crippen LogP contribution >= 0.6 is 0 Å². The minimum absolute atomic E-state index is 0.286. The monoisotopic (exact) mass is 228 g/mol. The van der Waals surface area contributed by atoms with Crippen molar-refractivity contribution >= 4 is 0 Å². The first-order valence-electron chi connectivity index (χ1n) is 4.45. The molecule has 0 saturated carbocycles. The summed E-state index contributed by atoms with van der Waals surface area (Å²) in [7, 11) is 0. The van der Waals surface area contributed by atoms with Crippen LogP contribution < -0.4 is 0 Å². The third kappa shape index (κ3) is 2.52. The minimum Gasteiger partial charge on any atom is -0.395 e. The molecule has 0 aliphatic heterocycles. The lowest BCUT2D eigenvalue weighted by atomic mass is 9.97. The Hall–Kier alpha value is -1.54. The van der Waals surface area contributed by atoms with E-state index in [1.54, 1.807) is 0 Å². The third-order valence-electron chi connectivity index (χ3n) is 2.18. The zero-order chi connectivity index (χ0) is 12.3. The lowest BCUT2D eigenvalue weighted by Crippen LogP contribution is -2.10. The van der Waals surface area contributed by atoms with Crippen LogP contribution in [0.5, 0.6) is 0 Å². The summed E-state index contributed by atoms with van der Waals surface area (Å²) >= 11 is 0. The van der Waals surface area contributed by atoms with Gasteiger partial charge in [0, 0.05) is 5.92 Å². The second kappa shape index (κ2) is 4.54. The molecule has 0 fully saturated rings. The maximum Gasteiger partial charge on any atom is 0.417 e. The summed E-state index contributed by atoms with van der Waals surface area (Å²) in [5.41, 5.74) is -1.10. The lowest BCUT2D eigenvalue weighted by molar-refractivity contribution is -0.137. The molecule has 1 radical (unpaired) electrons. The SMILES string of the molecule is C[C](CO)c1ccc(C#N)c(C(F)(F)F)c1. The molecule has 5 heteroatoms. The van der Waals surface area contributed by atoms with E-state index < -0.39 is 17.3 Å². The summed E-state index contributed by atoms with van der Waals surface area (Å²) in [6.45, 7) is 1.21. The van der Waals surface area contributed by atoms with E-state index in [2.05, 4.69) is 0 Å². The van der Waals surface area contributed by atoms with Gasteiger partial charge in [-0.25, -0.2) is 0 Å². The molecule has 0 amide bonds. The van der Waals surface area contributed by atoms with E-state index in [-0.39, 0.29) is 12.2 Å². The highest BCUT2D eigenvalue weighted by Crippen LogP contribution is 2.33. The third-order valence-corrected chi connectivity index (χ3v) is 2.18. The molecule has 1 aromatic rings. The number of benzene rings is 1. The molecule has 1 aromatic carbocycles. The molecular formula is C11H9F3NO. The van der Waals surface area contributed by atoms with Crippen LogP contribution in [0.1, 0.15) is 23.6 Å². The van der Waals surface area contributed by atoms with Gasteiger partial charge in [-0.2, -0.15) is 18.4 Å². The van der Waals surface area contributed by atoms with Gasteiger partial charge in [0.2, 0.25) is 0 Å². The van der Waals surface area contributed by atoms with Crippen LogP contribution in [0.25, 0.3) is 0 Å². The van der Waals surface area contributed by atoms with Gasteiger partial charge in [-0.1, -0.05) is 13.0 Å².